The summed E-state index contributed by atoms with van der Waals surface area (Å²) in [5.74, 6) is -0.456. The highest BCUT2D eigenvalue weighted by molar-refractivity contribution is 5.90. The van der Waals surface area contributed by atoms with Crippen molar-refractivity contribution in [2.45, 2.75) is 45.1 Å². The molecule has 0 spiro atoms. The monoisotopic (exact) mass is 274 g/mol. The molecule has 1 aromatic rings. The molecule has 3 nitrogen and oxygen atoms in total. The Balaban J connectivity index is 2.36. The van der Waals surface area contributed by atoms with Crippen molar-refractivity contribution in [1.29, 1.82) is 0 Å². The van der Waals surface area contributed by atoms with Crippen LogP contribution in [-0.4, -0.2) is 18.4 Å². The Bertz CT molecular complexity index is 423. The quantitative estimate of drug-likeness (QED) is 0.296. The molecule has 0 radical (unpaired) electrons. The van der Waals surface area contributed by atoms with Crippen LogP contribution in [0.4, 0.5) is 0 Å². The summed E-state index contributed by atoms with van der Waals surface area (Å²) in [5.41, 5.74) is 0.464. The molecule has 0 aliphatic rings. The molecule has 0 aliphatic heterocycles. The van der Waals surface area contributed by atoms with Crippen LogP contribution in [0.2, 0.25) is 0 Å². The summed E-state index contributed by atoms with van der Waals surface area (Å²) in [6, 6.07) is 8.70. The lowest BCUT2D eigenvalue weighted by molar-refractivity contribution is -0.115. The lowest BCUT2D eigenvalue weighted by atomic mass is 10.1. The molecule has 0 amide bonds. The molecule has 1 atom stereocenters. The zero-order valence-electron chi connectivity index (χ0n) is 12.0. The van der Waals surface area contributed by atoms with Crippen molar-refractivity contribution in [2.24, 2.45) is 0 Å². The third kappa shape index (κ3) is 6.32. The lowest BCUT2D eigenvalue weighted by Crippen LogP contribution is -2.19. The van der Waals surface area contributed by atoms with Gasteiger partial charge in [-0.3, -0.25) is 4.79 Å². The molecule has 20 heavy (non-hydrogen) atoms. The van der Waals surface area contributed by atoms with E-state index in [0.29, 0.717) is 18.3 Å². The number of carbonyl (C=O) groups is 2. The van der Waals surface area contributed by atoms with E-state index in [9.17, 15) is 9.59 Å². The SMILES string of the molecule is CCCCC/C=C\C[C@H](C=O)OC(=O)c1ccccc1. The fraction of sp³-hybridized carbons (Fsp3) is 0.412. The molecule has 0 aliphatic carbocycles. The summed E-state index contributed by atoms with van der Waals surface area (Å²) in [6.45, 7) is 2.16. The summed E-state index contributed by atoms with van der Waals surface area (Å²) >= 11 is 0. The van der Waals surface area contributed by atoms with Gasteiger partial charge in [-0.25, -0.2) is 4.79 Å². The Morgan fingerprint density at radius 1 is 1.20 bits per heavy atom. The predicted molar refractivity (Wildman–Crippen MR) is 79.6 cm³/mol. The van der Waals surface area contributed by atoms with Crippen LogP contribution < -0.4 is 0 Å². The first kappa shape index (κ1) is 16.2. The molecular weight excluding hydrogens is 252 g/mol. The van der Waals surface area contributed by atoms with Crippen molar-refractivity contribution in [3.63, 3.8) is 0 Å². The van der Waals surface area contributed by atoms with Crippen molar-refractivity contribution in [3.8, 4) is 0 Å². The Kier molecular flexibility index (Phi) is 8.04. The first-order valence-electron chi connectivity index (χ1n) is 7.14. The van der Waals surface area contributed by atoms with Gasteiger partial charge in [-0.1, -0.05) is 50.1 Å². The number of hydrogen-bond acceptors (Lipinski definition) is 3. The minimum Gasteiger partial charge on any atom is -0.451 e. The van der Waals surface area contributed by atoms with Gasteiger partial charge in [0, 0.05) is 6.42 Å². The van der Waals surface area contributed by atoms with Crippen LogP contribution >= 0.6 is 0 Å². The molecule has 0 unspecified atom stereocenters. The van der Waals surface area contributed by atoms with Crippen LogP contribution in [-0.2, 0) is 9.53 Å². The van der Waals surface area contributed by atoms with E-state index in [1.54, 1.807) is 24.3 Å². The normalized spacial score (nSPS) is 12.2. The Morgan fingerprint density at radius 2 is 1.95 bits per heavy atom. The molecule has 1 aromatic carbocycles. The van der Waals surface area contributed by atoms with Gasteiger partial charge in [-0.2, -0.15) is 0 Å². The molecule has 108 valence electrons. The number of unbranched alkanes of at least 4 members (excludes halogenated alkanes) is 3. The van der Waals surface area contributed by atoms with E-state index in [2.05, 4.69) is 6.92 Å². The number of hydrogen-bond donors (Lipinski definition) is 0. The highest BCUT2D eigenvalue weighted by atomic mass is 16.5. The van der Waals surface area contributed by atoms with E-state index in [4.69, 9.17) is 4.74 Å². The van der Waals surface area contributed by atoms with E-state index in [-0.39, 0.29) is 0 Å². The largest absolute Gasteiger partial charge is 0.451 e. The van der Waals surface area contributed by atoms with Crippen LogP contribution in [0, 0.1) is 0 Å². The van der Waals surface area contributed by atoms with Crippen LogP contribution in [0.1, 0.15) is 49.4 Å². The summed E-state index contributed by atoms with van der Waals surface area (Å²) in [7, 11) is 0. The van der Waals surface area contributed by atoms with E-state index in [0.717, 1.165) is 12.8 Å². The van der Waals surface area contributed by atoms with E-state index < -0.39 is 12.1 Å². The number of carbonyl (C=O) groups excluding carboxylic acids is 2. The average Bonchev–Trinajstić information content (AvgIpc) is 2.50. The van der Waals surface area contributed by atoms with Gasteiger partial charge in [-0.15, -0.1) is 0 Å². The topological polar surface area (TPSA) is 43.4 Å². The van der Waals surface area contributed by atoms with E-state index >= 15 is 0 Å². The van der Waals surface area contributed by atoms with Crippen LogP contribution in [0.15, 0.2) is 42.5 Å². The highest BCUT2D eigenvalue weighted by Crippen LogP contribution is 2.07. The molecule has 0 aromatic heterocycles. The standard InChI is InChI=1S/C17H22O3/c1-2-3-4-5-6-10-13-16(14-18)20-17(19)15-11-8-7-9-12-15/h6-12,14,16H,2-5,13H2,1H3/b10-6-/t16-/m1/s1. The number of esters is 1. The molecule has 0 bridgehead atoms. The van der Waals surface area contributed by atoms with Gasteiger partial charge in [0.15, 0.2) is 12.4 Å². The number of aldehydes is 1. The number of ether oxygens (including phenoxy) is 1. The van der Waals surface area contributed by atoms with Crippen molar-refractivity contribution >= 4 is 12.3 Å². The van der Waals surface area contributed by atoms with Crippen molar-refractivity contribution in [3.05, 3.63) is 48.0 Å². The highest BCUT2D eigenvalue weighted by Gasteiger charge is 2.13. The molecule has 3 heteroatoms. The van der Waals surface area contributed by atoms with Gasteiger partial charge in [-0.05, 0) is 25.0 Å². The average molecular weight is 274 g/mol. The minimum absolute atomic E-state index is 0.439. The Labute approximate surface area is 120 Å². The van der Waals surface area contributed by atoms with Crippen molar-refractivity contribution in [1.82, 2.24) is 0 Å². The maximum Gasteiger partial charge on any atom is 0.338 e. The zero-order chi connectivity index (χ0) is 14.6. The molecule has 1 rings (SSSR count). The van der Waals surface area contributed by atoms with Crippen molar-refractivity contribution in [2.75, 3.05) is 0 Å². The third-order valence-corrected chi connectivity index (χ3v) is 2.93. The second-order valence-electron chi connectivity index (χ2n) is 4.65. The van der Waals surface area contributed by atoms with Gasteiger partial charge in [0.2, 0.25) is 0 Å². The Hall–Kier alpha value is -1.90. The maximum atomic E-state index is 11.8. The van der Waals surface area contributed by atoms with Crippen LogP contribution in [0.25, 0.3) is 0 Å². The molecular formula is C17H22O3. The first-order chi connectivity index (χ1) is 9.77. The lowest BCUT2D eigenvalue weighted by Gasteiger charge is -2.09. The number of rotatable bonds is 9. The number of allylic oxidation sites excluding steroid dienone is 1. The van der Waals surface area contributed by atoms with E-state index in [1.165, 1.54) is 12.8 Å². The van der Waals surface area contributed by atoms with E-state index in [1.807, 2.05) is 18.2 Å². The van der Waals surface area contributed by atoms with Gasteiger partial charge in [0.1, 0.15) is 0 Å². The molecule has 0 heterocycles. The molecule has 0 saturated carbocycles. The van der Waals surface area contributed by atoms with Gasteiger partial charge < -0.3 is 4.74 Å². The molecule has 0 fully saturated rings. The smallest absolute Gasteiger partial charge is 0.338 e. The Morgan fingerprint density at radius 3 is 2.60 bits per heavy atom. The summed E-state index contributed by atoms with van der Waals surface area (Å²) < 4.78 is 5.16. The fourth-order valence-electron chi connectivity index (χ4n) is 1.77. The molecule has 0 N–H and O–H groups in total. The third-order valence-electron chi connectivity index (χ3n) is 2.93. The second-order valence-corrected chi connectivity index (χ2v) is 4.65. The van der Waals surface area contributed by atoms with Gasteiger partial charge in [0.25, 0.3) is 0 Å². The van der Waals surface area contributed by atoms with Crippen LogP contribution in [0.5, 0.6) is 0 Å². The summed E-state index contributed by atoms with van der Waals surface area (Å²) in [6.07, 6.45) is 8.93. The zero-order valence-corrected chi connectivity index (χ0v) is 12.0. The first-order valence-corrected chi connectivity index (χ1v) is 7.14. The second kappa shape index (κ2) is 9.96. The number of benzene rings is 1. The maximum absolute atomic E-state index is 11.8. The fourth-order valence-corrected chi connectivity index (χ4v) is 1.77. The molecule has 0 saturated heterocycles. The van der Waals surface area contributed by atoms with Crippen LogP contribution in [0.3, 0.4) is 0 Å². The minimum atomic E-state index is -0.704. The van der Waals surface area contributed by atoms with Gasteiger partial charge in [0.05, 0.1) is 5.56 Å². The van der Waals surface area contributed by atoms with Gasteiger partial charge >= 0.3 is 5.97 Å². The predicted octanol–water partition coefficient (Wildman–Crippen LogP) is 3.94. The summed E-state index contributed by atoms with van der Waals surface area (Å²) in [4.78, 5) is 22.7. The summed E-state index contributed by atoms with van der Waals surface area (Å²) in [5, 5.41) is 0. The van der Waals surface area contributed by atoms with Crippen molar-refractivity contribution < 1.29 is 14.3 Å².